The SMILES string of the molecule is CCN1C[C@H]2CC1CN2. The van der Waals surface area contributed by atoms with Crippen molar-refractivity contribution in [3.8, 4) is 0 Å². The lowest BCUT2D eigenvalue weighted by Crippen LogP contribution is -2.43. The predicted octanol–water partition coefficient (Wildman–Crippen LogP) is 0.0524. The van der Waals surface area contributed by atoms with Crippen molar-refractivity contribution in [2.75, 3.05) is 19.6 Å². The van der Waals surface area contributed by atoms with Crippen LogP contribution in [0.15, 0.2) is 0 Å². The second-order valence-electron chi connectivity index (χ2n) is 3.08. The number of nitrogens with zero attached hydrogens (tertiary/aromatic N) is 1. The smallest absolute Gasteiger partial charge is 0.0236 e. The molecule has 0 spiro atoms. The first-order chi connectivity index (χ1) is 4.40. The molecule has 2 atom stereocenters. The summed E-state index contributed by atoms with van der Waals surface area (Å²) in [6, 6.07) is 1.70. The van der Waals surface area contributed by atoms with Crippen molar-refractivity contribution in [1.29, 1.82) is 0 Å². The van der Waals surface area contributed by atoms with Gasteiger partial charge in [0.2, 0.25) is 0 Å². The molecule has 0 aromatic rings. The fourth-order valence-corrected chi connectivity index (χ4v) is 2.03. The van der Waals surface area contributed by atoms with E-state index in [0.717, 1.165) is 12.1 Å². The Bertz CT molecular complexity index is 113. The number of likely N-dealkylation sites (tertiary alicyclic amines) is 1. The van der Waals surface area contributed by atoms with Crippen LogP contribution in [0, 0.1) is 0 Å². The first-order valence-electron chi connectivity index (χ1n) is 3.87. The van der Waals surface area contributed by atoms with E-state index in [9.17, 15) is 0 Å². The number of nitrogens with one attached hydrogen (secondary N) is 1. The summed E-state index contributed by atoms with van der Waals surface area (Å²) in [5, 5.41) is 3.48. The number of rotatable bonds is 1. The van der Waals surface area contributed by atoms with Crippen molar-refractivity contribution in [3.05, 3.63) is 0 Å². The summed E-state index contributed by atoms with van der Waals surface area (Å²) in [5.74, 6) is 0. The summed E-state index contributed by atoms with van der Waals surface area (Å²) < 4.78 is 0. The van der Waals surface area contributed by atoms with Crippen LogP contribution in [0.4, 0.5) is 0 Å². The van der Waals surface area contributed by atoms with Gasteiger partial charge < -0.3 is 5.32 Å². The Morgan fingerprint density at radius 1 is 1.67 bits per heavy atom. The lowest BCUT2D eigenvalue weighted by molar-refractivity contribution is 0.238. The molecule has 0 radical (unpaired) electrons. The molecule has 2 bridgehead atoms. The van der Waals surface area contributed by atoms with E-state index in [1.54, 1.807) is 0 Å². The summed E-state index contributed by atoms with van der Waals surface area (Å²) in [6.45, 7) is 6.02. The highest BCUT2D eigenvalue weighted by Crippen LogP contribution is 2.21. The molecule has 2 aliphatic heterocycles. The molecule has 2 rings (SSSR count). The fraction of sp³-hybridized carbons (Fsp3) is 1.00. The van der Waals surface area contributed by atoms with Crippen LogP contribution in [0.3, 0.4) is 0 Å². The van der Waals surface area contributed by atoms with Crippen molar-refractivity contribution in [2.45, 2.75) is 25.4 Å². The van der Waals surface area contributed by atoms with Gasteiger partial charge >= 0.3 is 0 Å². The van der Waals surface area contributed by atoms with E-state index >= 15 is 0 Å². The van der Waals surface area contributed by atoms with Crippen LogP contribution in [0.25, 0.3) is 0 Å². The zero-order chi connectivity index (χ0) is 6.27. The molecule has 0 amide bonds. The number of piperazine rings is 1. The Kier molecular flexibility index (Phi) is 1.24. The lowest BCUT2D eigenvalue weighted by Gasteiger charge is -2.25. The minimum absolute atomic E-state index is 0.829. The largest absolute Gasteiger partial charge is 0.311 e. The van der Waals surface area contributed by atoms with Crippen LogP contribution in [-0.2, 0) is 0 Å². The third kappa shape index (κ3) is 0.775. The zero-order valence-corrected chi connectivity index (χ0v) is 5.93. The van der Waals surface area contributed by atoms with E-state index < -0.39 is 0 Å². The van der Waals surface area contributed by atoms with Gasteiger partial charge in [0.25, 0.3) is 0 Å². The third-order valence-corrected chi connectivity index (χ3v) is 2.58. The molecule has 2 aliphatic rings. The Balaban J connectivity index is 2.01. The monoisotopic (exact) mass is 126 g/mol. The van der Waals surface area contributed by atoms with Crippen LogP contribution in [-0.4, -0.2) is 36.6 Å². The van der Waals surface area contributed by atoms with E-state index in [-0.39, 0.29) is 0 Å². The minimum Gasteiger partial charge on any atom is -0.311 e. The van der Waals surface area contributed by atoms with E-state index in [0.29, 0.717) is 0 Å². The highest BCUT2D eigenvalue weighted by molar-refractivity contribution is 4.96. The van der Waals surface area contributed by atoms with Gasteiger partial charge in [-0.25, -0.2) is 0 Å². The van der Waals surface area contributed by atoms with Crippen molar-refractivity contribution in [3.63, 3.8) is 0 Å². The molecule has 1 N–H and O–H groups in total. The average molecular weight is 126 g/mol. The van der Waals surface area contributed by atoms with Gasteiger partial charge in [-0.3, -0.25) is 4.90 Å². The fourth-order valence-electron chi connectivity index (χ4n) is 2.03. The van der Waals surface area contributed by atoms with Gasteiger partial charge in [-0.1, -0.05) is 6.92 Å². The van der Waals surface area contributed by atoms with Gasteiger partial charge in [0.05, 0.1) is 0 Å². The topological polar surface area (TPSA) is 15.3 Å². The second kappa shape index (κ2) is 1.96. The molecular formula is C7H14N2. The molecule has 0 saturated carbocycles. The summed E-state index contributed by atoms with van der Waals surface area (Å²) >= 11 is 0. The first kappa shape index (κ1) is 5.69. The maximum atomic E-state index is 3.48. The number of fused-ring (bicyclic) bond motifs is 2. The molecule has 2 fully saturated rings. The van der Waals surface area contributed by atoms with Crippen LogP contribution in [0.1, 0.15) is 13.3 Å². The molecule has 0 aliphatic carbocycles. The molecule has 1 unspecified atom stereocenters. The molecule has 2 heteroatoms. The van der Waals surface area contributed by atoms with Gasteiger partial charge in [0.1, 0.15) is 0 Å². The van der Waals surface area contributed by atoms with Crippen LogP contribution < -0.4 is 5.32 Å². The molecule has 0 aromatic carbocycles. The Labute approximate surface area is 56.2 Å². The van der Waals surface area contributed by atoms with Gasteiger partial charge in [-0.15, -0.1) is 0 Å². The highest BCUT2D eigenvalue weighted by atomic mass is 15.3. The van der Waals surface area contributed by atoms with Crippen LogP contribution in [0.2, 0.25) is 0 Å². The molecule has 2 saturated heterocycles. The van der Waals surface area contributed by atoms with Gasteiger partial charge in [-0.05, 0) is 13.0 Å². The van der Waals surface area contributed by atoms with E-state index in [4.69, 9.17) is 0 Å². The average Bonchev–Trinajstić information content (AvgIpc) is 2.45. The summed E-state index contributed by atoms with van der Waals surface area (Å²) in [5.41, 5.74) is 0. The molecule has 0 aromatic heterocycles. The molecule has 2 heterocycles. The Morgan fingerprint density at radius 2 is 2.56 bits per heavy atom. The van der Waals surface area contributed by atoms with Crippen molar-refractivity contribution in [2.24, 2.45) is 0 Å². The van der Waals surface area contributed by atoms with E-state index in [1.807, 2.05) is 0 Å². The first-order valence-corrected chi connectivity index (χ1v) is 3.87. The van der Waals surface area contributed by atoms with Gasteiger partial charge in [0, 0.05) is 25.2 Å². The standard InChI is InChI=1S/C7H14N2/c1-2-9-5-6-3-7(9)4-8-6/h6-8H,2-5H2,1H3/t6-,7?/m1/s1. The zero-order valence-electron chi connectivity index (χ0n) is 5.93. The van der Waals surface area contributed by atoms with Gasteiger partial charge in [-0.2, -0.15) is 0 Å². The minimum atomic E-state index is 0.829. The molecule has 9 heavy (non-hydrogen) atoms. The van der Waals surface area contributed by atoms with E-state index in [2.05, 4.69) is 17.1 Å². The molecular weight excluding hydrogens is 112 g/mol. The Hall–Kier alpha value is -0.0800. The normalized spacial score (nSPS) is 42.3. The van der Waals surface area contributed by atoms with Crippen molar-refractivity contribution in [1.82, 2.24) is 10.2 Å². The maximum Gasteiger partial charge on any atom is 0.0236 e. The number of likely N-dealkylation sites (N-methyl/N-ethyl adjacent to an activating group) is 1. The predicted molar refractivity (Wildman–Crippen MR) is 37.4 cm³/mol. The van der Waals surface area contributed by atoms with Crippen LogP contribution >= 0.6 is 0 Å². The summed E-state index contributed by atoms with van der Waals surface area (Å²) in [6.07, 6.45) is 1.40. The maximum absolute atomic E-state index is 3.48. The van der Waals surface area contributed by atoms with Crippen molar-refractivity contribution >= 4 is 0 Å². The Morgan fingerprint density at radius 3 is 2.89 bits per heavy atom. The summed E-state index contributed by atoms with van der Waals surface area (Å²) in [7, 11) is 0. The molecule has 52 valence electrons. The lowest BCUT2D eigenvalue weighted by atomic mass is 10.2. The number of hydrogen-bond acceptors (Lipinski definition) is 2. The van der Waals surface area contributed by atoms with Crippen LogP contribution in [0.5, 0.6) is 0 Å². The molecule has 2 nitrogen and oxygen atoms in total. The quantitative estimate of drug-likeness (QED) is 0.534. The van der Waals surface area contributed by atoms with Gasteiger partial charge in [0.15, 0.2) is 0 Å². The summed E-state index contributed by atoms with van der Waals surface area (Å²) in [4.78, 5) is 2.57. The highest BCUT2D eigenvalue weighted by Gasteiger charge is 2.35. The third-order valence-electron chi connectivity index (χ3n) is 2.58. The number of hydrogen-bond donors (Lipinski definition) is 1. The van der Waals surface area contributed by atoms with Crippen molar-refractivity contribution < 1.29 is 0 Å². The van der Waals surface area contributed by atoms with E-state index in [1.165, 1.54) is 26.1 Å². The second-order valence-corrected chi connectivity index (χ2v) is 3.08.